The predicted octanol–water partition coefficient (Wildman–Crippen LogP) is 2.75. The maximum absolute atomic E-state index is 2.31. The summed E-state index contributed by atoms with van der Waals surface area (Å²) >= 11 is 0. The molecule has 0 aliphatic rings. The van der Waals surface area contributed by atoms with E-state index in [2.05, 4.69) is 67.3 Å². The van der Waals surface area contributed by atoms with Crippen LogP contribution in [0.4, 0.5) is 0 Å². The fourth-order valence-corrected chi connectivity index (χ4v) is 2.99. The molecule has 2 heteroatoms. The SMILES string of the molecule is CP(c1ccccc1)c1ccccc1.[Au]. The Bertz CT molecular complexity index is 346. The van der Waals surface area contributed by atoms with Crippen LogP contribution in [0.15, 0.2) is 60.7 Å². The van der Waals surface area contributed by atoms with Crippen molar-refractivity contribution in [3.05, 3.63) is 60.7 Å². The molecule has 0 nitrogen and oxygen atoms in total. The van der Waals surface area contributed by atoms with Gasteiger partial charge in [-0.05, 0) is 25.2 Å². The van der Waals surface area contributed by atoms with Crippen LogP contribution in [0.2, 0.25) is 0 Å². The Hall–Kier alpha value is -0.390. The summed E-state index contributed by atoms with van der Waals surface area (Å²) in [4.78, 5) is 0. The van der Waals surface area contributed by atoms with Gasteiger partial charge in [0.15, 0.2) is 0 Å². The molecule has 0 aromatic heterocycles. The second-order valence-electron chi connectivity index (χ2n) is 3.23. The third kappa shape index (κ3) is 3.29. The molecule has 2 rings (SSSR count). The molecule has 2 aromatic rings. The summed E-state index contributed by atoms with van der Waals surface area (Å²) in [5.41, 5.74) is 0. The van der Waals surface area contributed by atoms with Gasteiger partial charge >= 0.3 is 0 Å². The molecule has 0 unspecified atom stereocenters. The first-order chi connectivity index (χ1) is 6.88. The van der Waals surface area contributed by atoms with E-state index in [4.69, 9.17) is 0 Å². The average molecular weight is 397 g/mol. The third-order valence-electron chi connectivity index (χ3n) is 2.29. The first kappa shape index (κ1) is 12.7. The summed E-state index contributed by atoms with van der Waals surface area (Å²) < 4.78 is 0. The van der Waals surface area contributed by atoms with Crippen LogP contribution in [-0.4, -0.2) is 6.66 Å². The van der Waals surface area contributed by atoms with Gasteiger partial charge in [-0.2, -0.15) is 0 Å². The van der Waals surface area contributed by atoms with Crippen LogP contribution in [0.1, 0.15) is 0 Å². The normalized spacial score (nSPS) is 9.73. The van der Waals surface area contributed by atoms with Crippen LogP contribution < -0.4 is 10.6 Å². The molecule has 0 N–H and O–H groups in total. The first-order valence-corrected chi connectivity index (χ1v) is 6.50. The molecule has 2 aromatic carbocycles. The minimum Gasteiger partial charge on any atom is -0.0622 e. The summed E-state index contributed by atoms with van der Waals surface area (Å²) in [6.07, 6.45) is 0. The van der Waals surface area contributed by atoms with Gasteiger partial charge in [0, 0.05) is 22.4 Å². The van der Waals surface area contributed by atoms with Crippen molar-refractivity contribution in [3.63, 3.8) is 0 Å². The fraction of sp³-hybridized carbons (Fsp3) is 0.0769. The fourth-order valence-electron chi connectivity index (χ4n) is 1.45. The average Bonchev–Trinajstić information content (AvgIpc) is 2.30. The quantitative estimate of drug-likeness (QED) is 0.540. The van der Waals surface area contributed by atoms with Crippen molar-refractivity contribution in [1.29, 1.82) is 0 Å². The van der Waals surface area contributed by atoms with Crippen molar-refractivity contribution >= 4 is 18.5 Å². The van der Waals surface area contributed by atoms with E-state index in [0.717, 1.165) is 0 Å². The summed E-state index contributed by atoms with van der Waals surface area (Å²) in [7, 11) is -0.171. The Labute approximate surface area is 108 Å². The molecule has 0 bridgehead atoms. The Morgan fingerprint density at radius 3 is 1.33 bits per heavy atom. The van der Waals surface area contributed by atoms with Crippen molar-refractivity contribution in [2.45, 2.75) is 0 Å². The van der Waals surface area contributed by atoms with E-state index in [1.54, 1.807) is 0 Å². The monoisotopic (exact) mass is 397 g/mol. The van der Waals surface area contributed by atoms with E-state index < -0.39 is 0 Å². The van der Waals surface area contributed by atoms with Gasteiger partial charge < -0.3 is 0 Å². The molecule has 0 heterocycles. The molecule has 0 atom stereocenters. The Morgan fingerprint density at radius 2 is 1.00 bits per heavy atom. The number of hydrogen-bond donors (Lipinski definition) is 0. The van der Waals surface area contributed by atoms with Crippen molar-refractivity contribution in [2.24, 2.45) is 0 Å². The van der Waals surface area contributed by atoms with E-state index in [1.807, 2.05) is 0 Å². The molecular formula is C13H13AuP. The van der Waals surface area contributed by atoms with Crippen LogP contribution in [-0.2, 0) is 22.4 Å². The van der Waals surface area contributed by atoms with E-state index in [0.29, 0.717) is 0 Å². The van der Waals surface area contributed by atoms with Crippen molar-refractivity contribution in [3.8, 4) is 0 Å². The van der Waals surface area contributed by atoms with Crippen LogP contribution in [0.3, 0.4) is 0 Å². The van der Waals surface area contributed by atoms with E-state index in [9.17, 15) is 0 Å². The number of rotatable bonds is 2. The molecule has 0 fully saturated rings. The van der Waals surface area contributed by atoms with E-state index in [1.165, 1.54) is 10.6 Å². The molecule has 15 heavy (non-hydrogen) atoms. The maximum atomic E-state index is 2.31. The zero-order chi connectivity index (χ0) is 9.80. The largest absolute Gasteiger partial charge is 0.0622 e. The molecule has 0 aliphatic carbocycles. The molecule has 81 valence electrons. The van der Waals surface area contributed by atoms with Gasteiger partial charge in [0.2, 0.25) is 0 Å². The zero-order valence-corrected chi connectivity index (χ0v) is 11.6. The second-order valence-corrected chi connectivity index (χ2v) is 5.38. The number of benzene rings is 2. The number of hydrogen-bond acceptors (Lipinski definition) is 0. The topological polar surface area (TPSA) is 0 Å². The first-order valence-electron chi connectivity index (χ1n) is 4.72. The van der Waals surface area contributed by atoms with Crippen LogP contribution >= 0.6 is 7.92 Å². The maximum Gasteiger partial charge on any atom is 0 e. The van der Waals surface area contributed by atoms with Gasteiger partial charge in [-0.1, -0.05) is 60.7 Å². The van der Waals surface area contributed by atoms with Gasteiger partial charge in [0.05, 0.1) is 0 Å². The zero-order valence-electron chi connectivity index (χ0n) is 8.52. The molecular weight excluding hydrogens is 384 g/mol. The summed E-state index contributed by atoms with van der Waals surface area (Å²) in [5.74, 6) is 0. The minimum absolute atomic E-state index is 0. The third-order valence-corrected chi connectivity index (χ3v) is 4.43. The smallest absolute Gasteiger partial charge is 0 e. The van der Waals surface area contributed by atoms with Crippen molar-refractivity contribution < 1.29 is 22.4 Å². The van der Waals surface area contributed by atoms with E-state index >= 15 is 0 Å². The Balaban J connectivity index is 0.00000112. The van der Waals surface area contributed by atoms with Gasteiger partial charge in [-0.3, -0.25) is 0 Å². The van der Waals surface area contributed by atoms with E-state index in [-0.39, 0.29) is 30.3 Å². The van der Waals surface area contributed by atoms with Gasteiger partial charge in [-0.25, -0.2) is 0 Å². The molecule has 0 saturated heterocycles. The van der Waals surface area contributed by atoms with Gasteiger partial charge in [0.25, 0.3) is 0 Å². The molecule has 0 amide bonds. The summed E-state index contributed by atoms with van der Waals surface area (Å²) in [5, 5.41) is 2.88. The second kappa shape index (κ2) is 6.25. The minimum atomic E-state index is -0.171. The molecule has 0 saturated carbocycles. The van der Waals surface area contributed by atoms with Gasteiger partial charge in [0.1, 0.15) is 0 Å². The summed E-state index contributed by atoms with van der Waals surface area (Å²) in [6, 6.07) is 21.4. The Morgan fingerprint density at radius 1 is 0.667 bits per heavy atom. The predicted molar refractivity (Wildman–Crippen MR) is 65.0 cm³/mol. The van der Waals surface area contributed by atoms with Crippen molar-refractivity contribution in [1.82, 2.24) is 0 Å². The molecule has 0 aliphatic heterocycles. The van der Waals surface area contributed by atoms with Crippen LogP contribution in [0, 0.1) is 0 Å². The standard InChI is InChI=1S/C13H13P.Au/c1-14(12-8-4-2-5-9-12)13-10-6-3-7-11-13;/h2-11H,1H3;. The molecule has 0 spiro atoms. The van der Waals surface area contributed by atoms with Gasteiger partial charge in [-0.15, -0.1) is 0 Å². The van der Waals surface area contributed by atoms with Crippen LogP contribution in [0.25, 0.3) is 0 Å². The van der Waals surface area contributed by atoms with Crippen molar-refractivity contribution in [2.75, 3.05) is 6.66 Å². The Kier molecular flexibility index (Phi) is 5.28. The molecule has 1 radical (unpaired) electrons. The summed E-state index contributed by atoms with van der Waals surface area (Å²) in [6.45, 7) is 2.31. The van der Waals surface area contributed by atoms with Crippen LogP contribution in [0.5, 0.6) is 0 Å².